The van der Waals surface area contributed by atoms with Gasteiger partial charge in [0.05, 0.1) is 5.56 Å². The molecule has 0 unspecified atom stereocenters. The molecule has 0 fully saturated rings. The second-order valence-electron chi connectivity index (χ2n) is 3.85. The van der Waals surface area contributed by atoms with Crippen LogP contribution in [0.25, 0.3) is 11.5 Å². The number of pyridine rings is 1. The van der Waals surface area contributed by atoms with Crippen molar-refractivity contribution >= 4 is 9.84 Å². The molecule has 2 aromatic heterocycles. The Morgan fingerprint density at radius 3 is 2.47 bits per heavy atom. The van der Waals surface area contributed by atoms with Crippen LogP contribution in [0.1, 0.15) is 5.56 Å². The fourth-order valence-corrected chi connectivity index (χ4v) is 1.93. The first-order valence-electron chi connectivity index (χ1n) is 5.00. The molecule has 0 N–H and O–H groups in total. The number of rotatable bonds is 2. The molecule has 0 spiro atoms. The van der Waals surface area contributed by atoms with Crippen LogP contribution in [0, 0.1) is 0 Å². The van der Waals surface area contributed by atoms with Crippen LogP contribution in [0.2, 0.25) is 0 Å². The lowest BCUT2D eigenvalue weighted by Gasteiger charge is -2.06. The Morgan fingerprint density at radius 2 is 1.95 bits per heavy atom. The zero-order chi connectivity index (χ0) is 14.3. The van der Waals surface area contributed by atoms with Crippen molar-refractivity contribution in [2.75, 3.05) is 6.26 Å². The number of hydrogen-bond donors (Lipinski definition) is 0. The quantitative estimate of drug-likeness (QED) is 0.853. The van der Waals surface area contributed by atoms with Gasteiger partial charge in [-0.3, -0.25) is 4.98 Å². The number of hydrogen-bond acceptors (Lipinski definition) is 4. The molecule has 19 heavy (non-hydrogen) atoms. The summed E-state index contributed by atoms with van der Waals surface area (Å²) in [4.78, 5) is 3.62. The van der Waals surface area contributed by atoms with Crippen LogP contribution in [0.5, 0.6) is 0 Å². The predicted molar refractivity (Wildman–Crippen MR) is 60.1 cm³/mol. The maximum Gasteiger partial charge on any atom is 0.416 e. The highest BCUT2D eigenvalue weighted by Gasteiger charge is 2.31. The van der Waals surface area contributed by atoms with E-state index in [2.05, 4.69) is 4.98 Å². The Balaban J connectivity index is 2.46. The smallest absolute Gasteiger partial charge is 0.416 e. The van der Waals surface area contributed by atoms with Gasteiger partial charge in [0.1, 0.15) is 16.9 Å². The molecule has 0 atom stereocenters. The minimum Gasteiger partial charge on any atom is -0.461 e. The summed E-state index contributed by atoms with van der Waals surface area (Å²) in [5.74, 6) is -0.0356. The predicted octanol–water partition coefficient (Wildman–Crippen LogP) is 2.76. The molecule has 0 aromatic carbocycles. The molecule has 2 heterocycles. The maximum absolute atomic E-state index is 12.5. The molecular weight excluding hydrogens is 283 g/mol. The summed E-state index contributed by atoms with van der Waals surface area (Å²) < 4.78 is 65.0. The van der Waals surface area contributed by atoms with Crippen LogP contribution in [0.15, 0.2) is 40.0 Å². The van der Waals surface area contributed by atoms with Crippen molar-refractivity contribution in [1.82, 2.24) is 4.98 Å². The molecule has 4 nitrogen and oxygen atoms in total. The Morgan fingerprint density at radius 1 is 1.26 bits per heavy atom. The average molecular weight is 291 g/mol. The van der Waals surface area contributed by atoms with Crippen molar-refractivity contribution in [3.63, 3.8) is 0 Å². The fraction of sp³-hybridized carbons (Fsp3) is 0.182. The molecule has 0 bridgehead atoms. The lowest BCUT2D eigenvalue weighted by molar-refractivity contribution is -0.137. The fourth-order valence-electron chi connectivity index (χ4n) is 1.39. The molecule has 2 aromatic rings. The van der Waals surface area contributed by atoms with E-state index in [4.69, 9.17) is 4.42 Å². The van der Waals surface area contributed by atoms with E-state index >= 15 is 0 Å². The van der Waals surface area contributed by atoms with E-state index in [0.29, 0.717) is 0 Å². The summed E-state index contributed by atoms with van der Waals surface area (Å²) in [6.45, 7) is 0. The summed E-state index contributed by atoms with van der Waals surface area (Å²) in [5.41, 5.74) is -0.959. The normalized spacial score (nSPS) is 12.6. The van der Waals surface area contributed by atoms with E-state index in [-0.39, 0.29) is 16.3 Å². The van der Waals surface area contributed by atoms with Crippen LogP contribution >= 0.6 is 0 Å². The molecule has 0 aliphatic carbocycles. The van der Waals surface area contributed by atoms with Gasteiger partial charge in [-0.25, -0.2) is 8.42 Å². The minimum absolute atomic E-state index is 0.0356. The van der Waals surface area contributed by atoms with Crippen LogP contribution in [-0.4, -0.2) is 19.7 Å². The summed E-state index contributed by atoms with van der Waals surface area (Å²) in [5, 5.41) is 0. The van der Waals surface area contributed by atoms with Gasteiger partial charge in [-0.2, -0.15) is 13.2 Å². The number of halogens is 3. The Bertz CT molecular complexity index is 704. The lowest BCUT2D eigenvalue weighted by atomic mass is 10.2. The number of alkyl halides is 3. The summed E-state index contributed by atoms with van der Waals surface area (Å²) in [6.07, 6.45) is -1.57. The third-order valence-electron chi connectivity index (χ3n) is 2.34. The molecule has 0 aliphatic rings. The zero-order valence-electron chi connectivity index (χ0n) is 9.60. The van der Waals surface area contributed by atoms with E-state index in [1.54, 1.807) is 0 Å². The van der Waals surface area contributed by atoms with Gasteiger partial charge >= 0.3 is 6.18 Å². The van der Waals surface area contributed by atoms with Gasteiger partial charge in [0.2, 0.25) is 0 Å². The third-order valence-corrected chi connectivity index (χ3v) is 3.41. The lowest BCUT2D eigenvalue weighted by Crippen LogP contribution is -2.05. The van der Waals surface area contributed by atoms with Gasteiger partial charge in [-0.1, -0.05) is 0 Å². The van der Waals surface area contributed by atoms with E-state index in [1.807, 2.05) is 0 Å². The van der Waals surface area contributed by atoms with Crippen molar-refractivity contribution in [3.05, 3.63) is 36.2 Å². The van der Waals surface area contributed by atoms with Crippen LogP contribution in [0.4, 0.5) is 13.2 Å². The van der Waals surface area contributed by atoms with Gasteiger partial charge in [0.15, 0.2) is 15.6 Å². The van der Waals surface area contributed by atoms with Crippen LogP contribution < -0.4 is 0 Å². The van der Waals surface area contributed by atoms with Crippen LogP contribution in [0.3, 0.4) is 0 Å². The summed E-state index contributed by atoms with van der Waals surface area (Å²) in [7, 11) is -3.47. The van der Waals surface area contributed by atoms with Gasteiger partial charge in [0, 0.05) is 18.5 Å². The van der Waals surface area contributed by atoms with Gasteiger partial charge in [0.25, 0.3) is 0 Å². The number of furan rings is 1. The molecule has 0 saturated heterocycles. The SMILES string of the molecule is CS(=O)(=O)c1coc(-c2cc(C(F)(F)F)ccn2)c1. The Labute approximate surface area is 106 Å². The zero-order valence-corrected chi connectivity index (χ0v) is 10.4. The Hall–Kier alpha value is -1.83. The topological polar surface area (TPSA) is 60.2 Å². The molecule has 102 valence electrons. The average Bonchev–Trinajstić information content (AvgIpc) is 2.77. The standard InChI is InChI=1S/C11H8F3NO3S/c1-19(16,17)8-5-10(18-6-8)9-4-7(2-3-15-9)11(12,13)14/h2-6H,1H3. The first kappa shape index (κ1) is 13.6. The second kappa shape index (κ2) is 4.37. The molecule has 2 rings (SSSR count). The van der Waals surface area contributed by atoms with Crippen molar-refractivity contribution in [3.8, 4) is 11.5 Å². The highest BCUT2D eigenvalue weighted by Crippen LogP contribution is 2.31. The highest BCUT2D eigenvalue weighted by atomic mass is 32.2. The number of sulfone groups is 1. The van der Waals surface area contributed by atoms with E-state index < -0.39 is 21.6 Å². The second-order valence-corrected chi connectivity index (χ2v) is 5.86. The largest absolute Gasteiger partial charge is 0.461 e. The highest BCUT2D eigenvalue weighted by molar-refractivity contribution is 7.90. The molecule has 0 amide bonds. The monoisotopic (exact) mass is 291 g/mol. The van der Waals surface area contributed by atoms with Gasteiger partial charge in [-0.05, 0) is 12.1 Å². The molecule has 0 radical (unpaired) electrons. The minimum atomic E-state index is -4.50. The van der Waals surface area contributed by atoms with E-state index in [0.717, 1.165) is 36.9 Å². The third kappa shape index (κ3) is 2.95. The summed E-state index contributed by atoms with van der Waals surface area (Å²) >= 11 is 0. The first-order valence-corrected chi connectivity index (χ1v) is 6.89. The molecule has 0 aliphatic heterocycles. The maximum atomic E-state index is 12.5. The van der Waals surface area contributed by atoms with Crippen molar-refractivity contribution in [1.29, 1.82) is 0 Å². The van der Waals surface area contributed by atoms with E-state index in [1.165, 1.54) is 0 Å². The molecule has 0 saturated carbocycles. The first-order chi connectivity index (χ1) is 8.68. The Kier molecular flexibility index (Phi) is 3.13. The van der Waals surface area contributed by atoms with Gasteiger partial charge in [-0.15, -0.1) is 0 Å². The van der Waals surface area contributed by atoms with Crippen molar-refractivity contribution < 1.29 is 26.0 Å². The van der Waals surface area contributed by atoms with Crippen molar-refractivity contribution in [2.45, 2.75) is 11.1 Å². The molecule has 8 heteroatoms. The van der Waals surface area contributed by atoms with E-state index in [9.17, 15) is 21.6 Å². The van der Waals surface area contributed by atoms with Crippen molar-refractivity contribution in [2.24, 2.45) is 0 Å². The van der Waals surface area contributed by atoms with Crippen LogP contribution in [-0.2, 0) is 16.0 Å². The number of aromatic nitrogens is 1. The molecular formula is C11H8F3NO3S. The summed E-state index contributed by atoms with van der Waals surface area (Å²) in [6, 6.07) is 2.76. The van der Waals surface area contributed by atoms with Gasteiger partial charge < -0.3 is 4.42 Å². The number of nitrogens with zero attached hydrogens (tertiary/aromatic N) is 1.